The summed E-state index contributed by atoms with van der Waals surface area (Å²) in [6.07, 6.45) is 2.44. The molecule has 1 fully saturated rings. The summed E-state index contributed by atoms with van der Waals surface area (Å²) < 4.78 is 0. The molecule has 1 aliphatic carbocycles. The molecule has 0 bridgehead atoms. The minimum atomic E-state index is -0.299. The van der Waals surface area contributed by atoms with Crippen LogP contribution in [0.2, 0.25) is 0 Å². The average molecular weight is 286 g/mol. The molecule has 0 saturated heterocycles. The number of hydrogen-bond acceptors (Lipinski definition) is 3. The van der Waals surface area contributed by atoms with E-state index in [4.69, 9.17) is 5.11 Å². The van der Waals surface area contributed by atoms with E-state index in [9.17, 15) is 9.59 Å². The van der Waals surface area contributed by atoms with Gasteiger partial charge in [0.1, 0.15) is 0 Å². The number of aliphatic hydroxyl groups excluding tert-OH is 1. The van der Waals surface area contributed by atoms with Gasteiger partial charge in [-0.15, -0.1) is 0 Å². The Morgan fingerprint density at radius 2 is 2.14 bits per heavy atom. The van der Waals surface area contributed by atoms with Gasteiger partial charge < -0.3 is 15.7 Å². The third kappa shape index (κ3) is 5.28. The summed E-state index contributed by atoms with van der Waals surface area (Å²) in [5, 5.41) is 14.1. The number of carbonyl (C=O) groups is 2. The van der Waals surface area contributed by atoms with Crippen LogP contribution in [-0.4, -0.2) is 36.1 Å². The molecule has 2 rings (SSSR count). The van der Waals surface area contributed by atoms with Crippen LogP contribution in [0.25, 0.3) is 0 Å². The highest BCUT2D eigenvalue weighted by atomic mass is 16.2. The lowest BCUT2D eigenvalue weighted by molar-refractivity contribution is -0.120. The van der Waals surface area contributed by atoms with E-state index in [1.807, 2.05) is 0 Å². The van der Waals surface area contributed by atoms with Crippen molar-refractivity contribution in [3.8, 4) is 11.8 Å². The maximum atomic E-state index is 12.0. The number of amides is 2. The summed E-state index contributed by atoms with van der Waals surface area (Å²) >= 11 is 0. The molecule has 1 aliphatic rings. The van der Waals surface area contributed by atoms with Gasteiger partial charge in [0.2, 0.25) is 5.91 Å². The first kappa shape index (κ1) is 15.1. The fraction of sp³-hybridized carbons (Fsp3) is 0.375. The van der Waals surface area contributed by atoms with Gasteiger partial charge in [0, 0.05) is 23.6 Å². The van der Waals surface area contributed by atoms with Crippen LogP contribution in [-0.2, 0) is 4.79 Å². The van der Waals surface area contributed by atoms with Crippen molar-refractivity contribution in [3.63, 3.8) is 0 Å². The maximum absolute atomic E-state index is 12.0. The van der Waals surface area contributed by atoms with E-state index in [0.29, 0.717) is 23.6 Å². The van der Waals surface area contributed by atoms with E-state index in [2.05, 4.69) is 22.5 Å². The normalized spacial score (nSPS) is 13.0. The van der Waals surface area contributed by atoms with Crippen LogP contribution in [0, 0.1) is 11.8 Å². The van der Waals surface area contributed by atoms with Crippen molar-refractivity contribution < 1.29 is 14.7 Å². The molecule has 3 N–H and O–H groups in total. The van der Waals surface area contributed by atoms with Gasteiger partial charge in [0.25, 0.3) is 5.91 Å². The largest absolute Gasteiger partial charge is 0.395 e. The molecular weight excluding hydrogens is 268 g/mol. The molecular formula is C16H18N2O3. The van der Waals surface area contributed by atoms with E-state index in [1.54, 1.807) is 24.3 Å². The number of nitrogens with one attached hydrogen (secondary N) is 2. The second-order valence-electron chi connectivity index (χ2n) is 4.88. The Bertz CT molecular complexity index is 583. The minimum Gasteiger partial charge on any atom is -0.395 e. The van der Waals surface area contributed by atoms with Gasteiger partial charge >= 0.3 is 0 Å². The van der Waals surface area contributed by atoms with Crippen LogP contribution in [0.15, 0.2) is 24.3 Å². The average Bonchev–Trinajstić information content (AvgIpc) is 3.29. The van der Waals surface area contributed by atoms with E-state index in [-0.39, 0.29) is 25.0 Å². The second kappa shape index (κ2) is 7.46. The Kier molecular flexibility index (Phi) is 5.35. The number of rotatable bonds is 5. The van der Waals surface area contributed by atoms with Crippen molar-refractivity contribution in [3.05, 3.63) is 35.4 Å². The molecule has 0 spiro atoms. The Morgan fingerprint density at radius 1 is 1.33 bits per heavy atom. The van der Waals surface area contributed by atoms with Gasteiger partial charge in [0.15, 0.2) is 0 Å². The fourth-order valence-electron chi connectivity index (χ4n) is 1.73. The number of aliphatic hydroxyl groups is 1. The lowest BCUT2D eigenvalue weighted by Crippen LogP contribution is -2.37. The van der Waals surface area contributed by atoms with Crippen molar-refractivity contribution in [1.29, 1.82) is 0 Å². The standard InChI is InChI=1S/C16H18N2O3/c19-9-2-1-4-12-5-3-6-13(10-12)16(21)17-11-15(20)18-14-7-8-14/h3,5-6,10,14,19H,2,7-9,11H2,(H,17,21)(H,18,20). The smallest absolute Gasteiger partial charge is 0.251 e. The number of hydrogen-bond donors (Lipinski definition) is 3. The highest BCUT2D eigenvalue weighted by molar-refractivity contribution is 5.96. The summed E-state index contributed by atoms with van der Waals surface area (Å²) in [5.74, 6) is 5.21. The molecule has 0 heterocycles. The van der Waals surface area contributed by atoms with Gasteiger partial charge in [-0.2, -0.15) is 0 Å². The van der Waals surface area contributed by atoms with Gasteiger partial charge in [-0.05, 0) is 31.0 Å². The lowest BCUT2D eigenvalue weighted by atomic mass is 10.1. The topological polar surface area (TPSA) is 78.4 Å². The third-order valence-corrected chi connectivity index (χ3v) is 2.95. The van der Waals surface area contributed by atoms with Gasteiger partial charge in [-0.1, -0.05) is 17.9 Å². The Morgan fingerprint density at radius 3 is 2.86 bits per heavy atom. The second-order valence-corrected chi connectivity index (χ2v) is 4.88. The molecule has 1 aromatic carbocycles. The summed E-state index contributed by atoms with van der Waals surface area (Å²) in [4.78, 5) is 23.5. The van der Waals surface area contributed by atoms with Crippen molar-refractivity contribution >= 4 is 11.8 Å². The third-order valence-electron chi connectivity index (χ3n) is 2.95. The highest BCUT2D eigenvalue weighted by Gasteiger charge is 2.23. The number of carbonyl (C=O) groups excluding carboxylic acids is 2. The zero-order valence-electron chi connectivity index (χ0n) is 11.7. The number of benzene rings is 1. The molecule has 21 heavy (non-hydrogen) atoms. The Hall–Kier alpha value is -2.32. The van der Waals surface area contributed by atoms with Crippen LogP contribution < -0.4 is 10.6 Å². The predicted octanol–water partition coefficient (Wildman–Crippen LogP) is 0.429. The zero-order chi connectivity index (χ0) is 15.1. The monoisotopic (exact) mass is 286 g/mol. The van der Waals surface area contributed by atoms with E-state index in [0.717, 1.165) is 12.8 Å². The minimum absolute atomic E-state index is 0.0171. The maximum Gasteiger partial charge on any atom is 0.251 e. The molecule has 0 aromatic heterocycles. The molecule has 1 saturated carbocycles. The summed E-state index contributed by atoms with van der Waals surface area (Å²) in [5.41, 5.74) is 1.17. The predicted molar refractivity (Wildman–Crippen MR) is 78.5 cm³/mol. The Balaban J connectivity index is 1.87. The van der Waals surface area contributed by atoms with Crippen molar-refractivity contribution in [2.75, 3.05) is 13.2 Å². The molecule has 1 aromatic rings. The summed E-state index contributed by atoms with van der Waals surface area (Å²) in [6.45, 7) is -0.000958. The van der Waals surface area contributed by atoms with E-state index < -0.39 is 0 Å². The van der Waals surface area contributed by atoms with Gasteiger partial charge in [-0.3, -0.25) is 9.59 Å². The summed E-state index contributed by atoms with van der Waals surface area (Å²) in [6, 6.07) is 7.16. The van der Waals surface area contributed by atoms with Crippen LogP contribution >= 0.6 is 0 Å². The first-order valence-corrected chi connectivity index (χ1v) is 6.96. The molecule has 0 atom stereocenters. The zero-order valence-corrected chi connectivity index (χ0v) is 11.7. The lowest BCUT2D eigenvalue weighted by Gasteiger charge is -2.06. The van der Waals surface area contributed by atoms with E-state index in [1.165, 1.54) is 0 Å². The molecule has 2 amide bonds. The first-order valence-electron chi connectivity index (χ1n) is 6.96. The Labute approximate surface area is 123 Å². The van der Waals surface area contributed by atoms with Crippen molar-refractivity contribution in [1.82, 2.24) is 10.6 Å². The van der Waals surface area contributed by atoms with Crippen LogP contribution in [0.1, 0.15) is 35.2 Å². The molecule has 5 nitrogen and oxygen atoms in total. The molecule has 0 aliphatic heterocycles. The summed E-state index contributed by atoms with van der Waals surface area (Å²) in [7, 11) is 0. The molecule has 0 radical (unpaired) electrons. The quantitative estimate of drug-likeness (QED) is 0.687. The fourth-order valence-corrected chi connectivity index (χ4v) is 1.73. The van der Waals surface area contributed by atoms with Crippen LogP contribution in [0.3, 0.4) is 0 Å². The highest BCUT2D eigenvalue weighted by Crippen LogP contribution is 2.18. The van der Waals surface area contributed by atoms with Gasteiger partial charge in [0.05, 0.1) is 13.2 Å². The van der Waals surface area contributed by atoms with Crippen LogP contribution in [0.5, 0.6) is 0 Å². The first-order chi connectivity index (χ1) is 10.2. The van der Waals surface area contributed by atoms with E-state index >= 15 is 0 Å². The molecule has 110 valence electrons. The van der Waals surface area contributed by atoms with Crippen molar-refractivity contribution in [2.24, 2.45) is 0 Å². The SMILES string of the molecule is O=C(CNC(=O)c1cccc(C#CCCO)c1)NC1CC1. The van der Waals surface area contributed by atoms with Gasteiger partial charge in [-0.25, -0.2) is 0 Å². The molecule has 5 heteroatoms. The van der Waals surface area contributed by atoms with Crippen molar-refractivity contribution in [2.45, 2.75) is 25.3 Å². The molecule has 0 unspecified atom stereocenters. The van der Waals surface area contributed by atoms with Crippen LogP contribution in [0.4, 0.5) is 0 Å².